The highest BCUT2D eigenvalue weighted by Crippen LogP contribution is 2.23. The number of carbonyl (C=O) groups excluding carboxylic acids is 1. The quantitative estimate of drug-likeness (QED) is 0.714. The second-order valence-electron chi connectivity index (χ2n) is 5.26. The van der Waals surface area contributed by atoms with Gasteiger partial charge in [0.25, 0.3) is 5.91 Å². The van der Waals surface area contributed by atoms with Crippen molar-refractivity contribution < 1.29 is 4.79 Å². The van der Waals surface area contributed by atoms with E-state index in [0.29, 0.717) is 27.5 Å². The maximum Gasteiger partial charge on any atom is 0.252 e. The van der Waals surface area contributed by atoms with E-state index in [0.717, 1.165) is 12.8 Å². The molecule has 0 saturated carbocycles. The highest BCUT2D eigenvalue weighted by atomic mass is 79.9. The number of hydrogen-bond acceptors (Lipinski definition) is 1. The van der Waals surface area contributed by atoms with Gasteiger partial charge < -0.3 is 5.32 Å². The Hall–Kier alpha value is -0.250. The normalized spacial score (nSPS) is 11.4. The summed E-state index contributed by atoms with van der Waals surface area (Å²) in [4.78, 5) is 12.1. The molecule has 19 heavy (non-hydrogen) atoms. The van der Waals surface area contributed by atoms with Gasteiger partial charge in [-0.05, 0) is 52.4 Å². The molecular weight excluding hydrogens is 349 g/mol. The predicted octanol–water partition coefficient (Wildman–Crippen LogP) is 4.88. The molecule has 0 aliphatic rings. The van der Waals surface area contributed by atoms with E-state index in [-0.39, 0.29) is 11.3 Å². The zero-order valence-corrected chi connectivity index (χ0v) is 14.2. The minimum Gasteiger partial charge on any atom is -0.351 e. The van der Waals surface area contributed by atoms with Crippen LogP contribution in [0.4, 0.5) is 0 Å². The fraction of sp³-hybridized carbons (Fsp3) is 0.500. The van der Waals surface area contributed by atoms with Crippen molar-refractivity contribution in [2.75, 3.05) is 12.4 Å². The van der Waals surface area contributed by atoms with Crippen LogP contribution >= 0.6 is 39.1 Å². The van der Waals surface area contributed by atoms with Crippen LogP contribution in [0.2, 0.25) is 5.02 Å². The number of hydrogen-bond donors (Lipinski definition) is 1. The first-order valence-corrected chi connectivity index (χ1v) is 7.85. The molecule has 0 atom stereocenters. The Bertz CT molecular complexity index is 449. The van der Waals surface area contributed by atoms with Crippen molar-refractivity contribution in [1.82, 2.24) is 5.32 Å². The number of carbonyl (C=O) groups is 1. The Morgan fingerprint density at radius 1 is 1.42 bits per heavy atom. The van der Waals surface area contributed by atoms with E-state index in [1.807, 2.05) is 0 Å². The van der Waals surface area contributed by atoms with Gasteiger partial charge in [-0.1, -0.05) is 25.4 Å². The first kappa shape index (κ1) is 16.8. The van der Waals surface area contributed by atoms with Gasteiger partial charge in [-0.2, -0.15) is 0 Å². The lowest BCUT2D eigenvalue weighted by molar-refractivity contribution is 0.0934. The Morgan fingerprint density at radius 3 is 2.68 bits per heavy atom. The zero-order chi connectivity index (χ0) is 14.5. The van der Waals surface area contributed by atoms with Crippen LogP contribution in [0, 0.1) is 5.41 Å². The summed E-state index contributed by atoms with van der Waals surface area (Å²) >= 11 is 14.9. The van der Waals surface area contributed by atoms with Crippen LogP contribution in [-0.2, 0) is 0 Å². The second-order valence-corrected chi connectivity index (χ2v) is 6.93. The van der Waals surface area contributed by atoms with Gasteiger partial charge in [0.2, 0.25) is 0 Å². The number of rotatable bonds is 6. The van der Waals surface area contributed by atoms with Crippen molar-refractivity contribution in [3.8, 4) is 0 Å². The molecule has 0 aliphatic carbocycles. The molecule has 0 unspecified atom stereocenters. The minimum absolute atomic E-state index is 0.0451. The maximum absolute atomic E-state index is 12.1. The van der Waals surface area contributed by atoms with Gasteiger partial charge in [-0.25, -0.2) is 0 Å². The summed E-state index contributed by atoms with van der Waals surface area (Å²) < 4.78 is 0.705. The van der Waals surface area contributed by atoms with E-state index < -0.39 is 0 Å². The first-order chi connectivity index (χ1) is 8.85. The van der Waals surface area contributed by atoms with Crippen LogP contribution in [0.5, 0.6) is 0 Å². The average Bonchev–Trinajstić information content (AvgIpc) is 2.34. The van der Waals surface area contributed by atoms with Gasteiger partial charge in [0.05, 0.1) is 5.56 Å². The molecule has 1 N–H and O–H groups in total. The average molecular weight is 367 g/mol. The Labute approximate surface area is 133 Å². The third-order valence-corrected chi connectivity index (χ3v) is 4.05. The monoisotopic (exact) mass is 365 g/mol. The van der Waals surface area contributed by atoms with Crippen molar-refractivity contribution in [2.45, 2.75) is 26.7 Å². The standard InChI is InChI=1S/C14H18BrCl2NO/c1-14(2,6-3-7-16)9-18-13(19)11-5-4-10(17)8-12(11)15/h4-5,8H,3,6-7,9H2,1-2H3,(H,18,19). The van der Waals surface area contributed by atoms with Crippen LogP contribution < -0.4 is 5.32 Å². The van der Waals surface area contributed by atoms with Crippen molar-refractivity contribution in [3.63, 3.8) is 0 Å². The fourth-order valence-corrected chi connectivity index (χ4v) is 2.72. The third kappa shape index (κ3) is 5.72. The van der Waals surface area contributed by atoms with Crippen molar-refractivity contribution in [3.05, 3.63) is 33.3 Å². The molecule has 5 heteroatoms. The van der Waals surface area contributed by atoms with Gasteiger partial charge in [0.1, 0.15) is 0 Å². The minimum atomic E-state index is -0.0949. The summed E-state index contributed by atoms with van der Waals surface area (Å²) in [7, 11) is 0. The molecular formula is C14H18BrCl2NO. The van der Waals surface area contributed by atoms with E-state index in [9.17, 15) is 4.79 Å². The lowest BCUT2D eigenvalue weighted by atomic mass is 9.88. The first-order valence-electron chi connectivity index (χ1n) is 6.15. The summed E-state index contributed by atoms with van der Waals surface area (Å²) in [5.74, 6) is 0.558. The number of benzene rings is 1. The van der Waals surface area contributed by atoms with E-state index in [1.54, 1.807) is 18.2 Å². The molecule has 1 amide bonds. The highest BCUT2D eigenvalue weighted by molar-refractivity contribution is 9.10. The maximum atomic E-state index is 12.1. The molecule has 0 fully saturated rings. The molecule has 1 rings (SSSR count). The number of alkyl halides is 1. The van der Waals surface area contributed by atoms with Crippen molar-refractivity contribution >= 4 is 45.0 Å². The van der Waals surface area contributed by atoms with E-state index in [1.165, 1.54) is 0 Å². The third-order valence-electron chi connectivity index (χ3n) is 2.89. The molecule has 0 aromatic heterocycles. The van der Waals surface area contributed by atoms with Crippen LogP contribution in [0.15, 0.2) is 22.7 Å². The predicted molar refractivity (Wildman–Crippen MR) is 85.2 cm³/mol. The highest BCUT2D eigenvalue weighted by Gasteiger charge is 2.19. The Kier molecular flexibility index (Phi) is 6.64. The Balaban J connectivity index is 2.60. The smallest absolute Gasteiger partial charge is 0.252 e. The van der Waals surface area contributed by atoms with E-state index in [4.69, 9.17) is 23.2 Å². The van der Waals surface area contributed by atoms with Crippen molar-refractivity contribution in [1.29, 1.82) is 0 Å². The van der Waals surface area contributed by atoms with Crippen molar-refractivity contribution in [2.24, 2.45) is 5.41 Å². The summed E-state index contributed by atoms with van der Waals surface area (Å²) in [5, 5.41) is 3.56. The second kappa shape index (κ2) is 7.51. The molecule has 1 aromatic carbocycles. The van der Waals surface area contributed by atoms with Gasteiger partial charge in [-0.15, -0.1) is 11.6 Å². The van der Waals surface area contributed by atoms with Crippen LogP contribution in [0.25, 0.3) is 0 Å². The SMILES string of the molecule is CC(C)(CCCCl)CNC(=O)c1ccc(Cl)cc1Br. The molecule has 0 saturated heterocycles. The van der Waals surface area contributed by atoms with Gasteiger partial charge in [0, 0.05) is 21.9 Å². The molecule has 106 valence electrons. The van der Waals surface area contributed by atoms with Gasteiger partial charge >= 0.3 is 0 Å². The van der Waals surface area contributed by atoms with Gasteiger partial charge in [0.15, 0.2) is 0 Å². The van der Waals surface area contributed by atoms with Crippen LogP contribution in [0.1, 0.15) is 37.0 Å². The number of amides is 1. The fourth-order valence-electron chi connectivity index (χ4n) is 1.72. The zero-order valence-electron chi connectivity index (χ0n) is 11.1. The molecule has 0 bridgehead atoms. The summed E-state index contributed by atoms with van der Waals surface area (Å²) in [6.07, 6.45) is 1.94. The lowest BCUT2D eigenvalue weighted by Gasteiger charge is -2.24. The summed E-state index contributed by atoms with van der Waals surface area (Å²) in [6, 6.07) is 5.14. The van der Waals surface area contributed by atoms with Crippen LogP contribution in [-0.4, -0.2) is 18.3 Å². The molecule has 1 aromatic rings. The lowest BCUT2D eigenvalue weighted by Crippen LogP contribution is -2.34. The molecule has 0 aliphatic heterocycles. The molecule has 0 radical (unpaired) electrons. The summed E-state index contributed by atoms with van der Waals surface area (Å²) in [6.45, 7) is 4.87. The largest absolute Gasteiger partial charge is 0.351 e. The van der Waals surface area contributed by atoms with E-state index >= 15 is 0 Å². The van der Waals surface area contributed by atoms with Crippen LogP contribution in [0.3, 0.4) is 0 Å². The molecule has 0 spiro atoms. The number of halogens is 3. The summed E-state index contributed by atoms with van der Waals surface area (Å²) in [5.41, 5.74) is 0.640. The molecule has 0 heterocycles. The number of nitrogens with one attached hydrogen (secondary N) is 1. The van der Waals surface area contributed by atoms with E-state index in [2.05, 4.69) is 35.1 Å². The molecule has 2 nitrogen and oxygen atoms in total. The topological polar surface area (TPSA) is 29.1 Å². The Morgan fingerprint density at radius 2 is 2.11 bits per heavy atom. The van der Waals surface area contributed by atoms with Gasteiger partial charge in [-0.3, -0.25) is 4.79 Å².